The first-order chi connectivity index (χ1) is 12.6. The molecule has 1 aromatic heterocycles. The van der Waals surface area contributed by atoms with E-state index in [1.165, 1.54) is 46.3 Å². The van der Waals surface area contributed by atoms with Gasteiger partial charge in [-0.05, 0) is 35.9 Å². The van der Waals surface area contributed by atoms with Crippen LogP contribution >= 0.6 is 23.5 Å². The van der Waals surface area contributed by atoms with Crippen LogP contribution in [0.5, 0.6) is 0 Å². The van der Waals surface area contributed by atoms with Gasteiger partial charge < -0.3 is 0 Å². The van der Waals surface area contributed by atoms with E-state index in [9.17, 15) is 13.6 Å². The zero-order chi connectivity index (χ0) is 18.1. The summed E-state index contributed by atoms with van der Waals surface area (Å²) >= 11 is 2.80. The molecule has 0 spiro atoms. The van der Waals surface area contributed by atoms with E-state index in [1.807, 2.05) is 0 Å². The molecule has 0 radical (unpaired) electrons. The maximum atomic E-state index is 13.9. The molecule has 2 aromatic carbocycles. The van der Waals surface area contributed by atoms with Crippen LogP contribution in [0.4, 0.5) is 8.78 Å². The summed E-state index contributed by atoms with van der Waals surface area (Å²) in [5, 5.41) is 0.492. The Labute approximate surface area is 157 Å². The van der Waals surface area contributed by atoms with Crippen LogP contribution < -0.4 is 5.56 Å². The molecule has 0 atom stereocenters. The van der Waals surface area contributed by atoms with Crippen LogP contribution in [0.1, 0.15) is 11.3 Å². The van der Waals surface area contributed by atoms with Gasteiger partial charge in [0, 0.05) is 17.9 Å². The van der Waals surface area contributed by atoms with Crippen molar-refractivity contribution in [3.63, 3.8) is 0 Å². The molecule has 1 aliphatic heterocycles. The quantitative estimate of drug-likeness (QED) is 0.489. The van der Waals surface area contributed by atoms with Gasteiger partial charge in [-0.3, -0.25) is 9.36 Å². The molecule has 0 aliphatic carbocycles. The van der Waals surface area contributed by atoms with Crippen molar-refractivity contribution in [2.45, 2.75) is 22.2 Å². The molecule has 7 heteroatoms. The van der Waals surface area contributed by atoms with E-state index in [1.54, 1.807) is 30.3 Å². The number of aryl methyl sites for hydroxylation is 1. The standard InChI is InChI=1S/C19H14F2N2OS2/c20-13-5-7-14(8-6-13)23-18(24)17-16(9-10-25-17)22-19(23)26-11-12-3-1-2-4-15(12)21/h1-8H,9-11H2. The topological polar surface area (TPSA) is 34.9 Å². The van der Waals surface area contributed by atoms with Crippen LogP contribution in [-0.4, -0.2) is 15.3 Å². The summed E-state index contributed by atoms with van der Waals surface area (Å²) in [7, 11) is 0. The van der Waals surface area contributed by atoms with Crippen molar-refractivity contribution in [3.8, 4) is 5.69 Å². The largest absolute Gasteiger partial charge is 0.272 e. The molecule has 4 rings (SSSR count). The van der Waals surface area contributed by atoms with E-state index in [2.05, 4.69) is 4.98 Å². The Balaban J connectivity index is 1.78. The third-order valence-corrected chi connectivity index (χ3v) is 6.16. The van der Waals surface area contributed by atoms with Crippen molar-refractivity contribution in [3.05, 3.63) is 81.8 Å². The predicted octanol–water partition coefficient (Wildman–Crippen LogP) is 4.45. The lowest BCUT2D eigenvalue weighted by Crippen LogP contribution is -2.23. The number of fused-ring (bicyclic) bond motifs is 1. The normalized spacial score (nSPS) is 13.0. The fourth-order valence-electron chi connectivity index (χ4n) is 2.76. The second kappa shape index (κ2) is 7.25. The summed E-state index contributed by atoms with van der Waals surface area (Å²) in [6.45, 7) is 0. The molecular formula is C19H14F2N2OS2. The number of hydrogen-bond donors (Lipinski definition) is 0. The minimum atomic E-state index is -0.370. The number of hydrogen-bond acceptors (Lipinski definition) is 4. The number of nitrogens with zero attached hydrogens (tertiary/aromatic N) is 2. The molecule has 0 unspecified atom stereocenters. The lowest BCUT2D eigenvalue weighted by Gasteiger charge is -2.14. The van der Waals surface area contributed by atoms with Gasteiger partial charge in [0.1, 0.15) is 11.6 Å². The van der Waals surface area contributed by atoms with Gasteiger partial charge in [-0.2, -0.15) is 0 Å². The number of thioether (sulfide) groups is 2. The van der Waals surface area contributed by atoms with Crippen LogP contribution in [-0.2, 0) is 12.2 Å². The van der Waals surface area contributed by atoms with E-state index in [-0.39, 0.29) is 17.2 Å². The van der Waals surface area contributed by atoms with E-state index < -0.39 is 0 Å². The van der Waals surface area contributed by atoms with Crippen LogP contribution in [0.2, 0.25) is 0 Å². The smallest absolute Gasteiger partial charge is 0.268 e. The van der Waals surface area contributed by atoms with Gasteiger partial charge in [0.25, 0.3) is 5.56 Å². The molecule has 132 valence electrons. The molecule has 3 nitrogen and oxygen atoms in total. The van der Waals surface area contributed by atoms with E-state index >= 15 is 0 Å². The molecular weight excluding hydrogens is 374 g/mol. The van der Waals surface area contributed by atoms with Gasteiger partial charge in [0.15, 0.2) is 5.16 Å². The second-order valence-electron chi connectivity index (χ2n) is 5.77. The van der Waals surface area contributed by atoms with Gasteiger partial charge in [0.2, 0.25) is 0 Å². The van der Waals surface area contributed by atoms with Crippen LogP contribution in [0, 0.1) is 11.6 Å². The average molecular weight is 388 g/mol. The highest BCUT2D eigenvalue weighted by molar-refractivity contribution is 7.99. The molecule has 0 N–H and O–H groups in total. The zero-order valence-corrected chi connectivity index (χ0v) is 15.2. The molecule has 0 saturated heterocycles. The zero-order valence-electron chi connectivity index (χ0n) is 13.6. The van der Waals surface area contributed by atoms with Crippen LogP contribution in [0.3, 0.4) is 0 Å². The Kier molecular flexibility index (Phi) is 4.82. The second-order valence-corrected chi connectivity index (χ2v) is 7.81. The fourth-order valence-corrected chi connectivity index (χ4v) is 4.80. The third kappa shape index (κ3) is 3.29. The van der Waals surface area contributed by atoms with E-state index in [0.29, 0.717) is 27.1 Å². The van der Waals surface area contributed by atoms with Gasteiger partial charge in [0.05, 0.1) is 16.3 Å². The maximum Gasteiger partial charge on any atom is 0.272 e. The summed E-state index contributed by atoms with van der Waals surface area (Å²) in [6.07, 6.45) is 0.743. The number of rotatable bonds is 4. The van der Waals surface area contributed by atoms with Crippen molar-refractivity contribution < 1.29 is 8.78 Å². The lowest BCUT2D eigenvalue weighted by atomic mass is 10.2. The number of halogens is 2. The maximum absolute atomic E-state index is 13.9. The Hall–Kier alpha value is -2.12. The Bertz CT molecular complexity index is 1020. The SMILES string of the molecule is O=c1c2c(nc(SCc3ccccc3F)n1-c1ccc(F)cc1)CCS2. The summed E-state index contributed by atoms with van der Waals surface area (Å²) in [6, 6.07) is 12.3. The van der Waals surface area contributed by atoms with Gasteiger partial charge >= 0.3 is 0 Å². The predicted molar refractivity (Wildman–Crippen MR) is 100 cm³/mol. The minimum Gasteiger partial charge on any atom is -0.268 e. The van der Waals surface area contributed by atoms with Crippen LogP contribution in [0.15, 0.2) is 63.4 Å². The third-order valence-electron chi connectivity index (χ3n) is 4.07. The molecule has 0 fully saturated rings. The van der Waals surface area contributed by atoms with Crippen molar-refractivity contribution >= 4 is 23.5 Å². The monoisotopic (exact) mass is 388 g/mol. The van der Waals surface area contributed by atoms with Crippen LogP contribution in [0.25, 0.3) is 5.69 Å². The van der Waals surface area contributed by atoms with Crippen molar-refractivity contribution in [2.75, 3.05) is 5.75 Å². The molecule has 0 bridgehead atoms. The highest BCUT2D eigenvalue weighted by atomic mass is 32.2. The fraction of sp³-hybridized carbons (Fsp3) is 0.158. The van der Waals surface area contributed by atoms with Gasteiger partial charge in [-0.1, -0.05) is 30.0 Å². The Morgan fingerprint density at radius 3 is 2.65 bits per heavy atom. The van der Waals surface area contributed by atoms with E-state index in [0.717, 1.165) is 17.9 Å². The molecule has 0 amide bonds. The first-order valence-corrected chi connectivity index (χ1v) is 10.0. The Morgan fingerprint density at radius 1 is 1.12 bits per heavy atom. The lowest BCUT2D eigenvalue weighted by molar-refractivity contribution is 0.617. The van der Waals surface area contributed by atoms with E-state index in [4.69, 9.17) is 0 Å². The summed E-state index contributed by atoms with van der Waals surface area (Å²) < 4.78 is 28.7. The average Bonchev–Trinajstić information content (AvgIpc) is 3.11. The molecule has 2 heterocycles. The minimum absolute atomic E-state index is 0.153. The highest BCUT2D eigenvalue weighted by Crippen LogP contribution is 2.31. The number of benzene rings is 2. The van der Waals surface area contributed by atoms with Crippen molar-refractivity contribution in [2.24, 2.45) is 0 Å². The summed E-state index contributed by atoms with van der Waals surface area (Å²) in [5.41, 5.74) is 1.73. The van der Waals surface area contributed by atoms with Crippen molar-refractivity contribution in [1.29, 1.82) is 0 Å². The molecule has 1 aliphatic rings. The van der Waals surface area contributed by atoms with Gasteiger partial charge in [-0.15, -0.1) is 11.8 Å². The molecule has 26 heavy (non-hydrogen) atoms. The first kappa shape index (κ1) is 17.3. The number of aromatic nitrogens is 2. The Morgan fingerprint density at radius 2 is 1.88 bits per heavy atom. The molecule has 3 aromatic rings. The first-order valence-electron chi connectivity index (χ1n) is 8.04. The summed E-state index contributed by atoms with van der Waals surface area (Å²) in [4.78, 5) is 18.3. The van der Waals surface area contributed by atoms with Crippen molar-refractivity contribution in [1.82, 2.24) is 9.55 Å². The highest BCUT2D eigenvalue weighted by Gasteiger charge is 2.22. The molecule has 0 saturated carbocycles. The summed E-state index contributed by atoms with van der Waals surface area (Å²) in [5.74, 6) is 0.521. The van der Waals surface area contributed by atoms with Gasteiger partial charge in [-0.25, -0.2) is 13.8 Å².